The average molecular weight is 351 g/mol. The Hall–Kier alpha value is -2.41. The number of sulfonamides is 1. The fourth-order valence-electron chi connectivity index (χ4n) is 2.40. The van der Waals surface area contributed by atoms with Crippen molar-refractivity contribution in [2.45, 2.75) is 18.7 Å². The number of carbonyl (C=O) groups is 1. The summed E-state index contributed by atoms with van der Waals surface area (Å²) in [6.07, 6.45) is 0. The molecule has 0 aliphatic rings. The van der Waals surface area contributed by atoms with E-state index >= 15 is 0 Å². The molecule has 0 spiro atoms. The zero-order valence-electron chi connectivity index (χ0n) is 13.6. The Morgan fingerprint density at radius 2 is 1.79 bits per heavy atom. The van der Waals surface area contributed by atoms with Gasteiger partial charge in [0.15, 0.2) is 0 Å². The number of aryl methyl sites for hydroxylation is 1. The van der Waals surface area contributed by atoms with E-state index < -0.39 is 21.8 Å². The first-order valence-corrected chi connectivity index (χ1v) is 8.72. The Morgan fingerprint density at radius 1 is 1.17 bits per heavy atom. The first kappa shape index (κ1) is 17.9. The fourth-order valence-corrected chi connectivity index (χ4v) is 4.08. The van der Waals surface area contributed by atoms with Crippen LogP contribution in [-0.2, 0) is 14.8 Å². The van der Waals surface area contributed by atoms with Gasteiger partial charge in [0.25, 0.3) is 10.0 Å². The van der Waals surface area contributed by atoms with E-state index in [9.17, 15) is 17.6 Å². The Balaban J connectivity index is 2.48. The van der Waals surface area contributed by atoms with Crippen LogP contribution in [0.5, 0.6) is 0 Å². The van der Waals surface area contributed by atoms with Crippen LogP contribution in [0, 0.1) is 12.7 Å². The third kappa shape index (κ3) is 3.41. The highest BCUT2D eigenvalue weighted by atomic mass is 32.2. The lowest BCUT2D eigenvalue weighted by Gasteiger charge is -2.24. The standard InChI is InChI=1S/C17H18FNO4S/c1-4-19(15-8-6-14(18)7-9-15)24(21,22)16-10-5-13(11-12(16)2)17(20)23-3/h5-11H,4H2,1-3H3. The van der Waals surface area contributed by atoms with Gasteiger partial charge < -0.3 is 4.74 Å². The minimum atomic E-state index is -3.84. The van der Waals surface area contributed by atoms with E-state index in [1.165, 1.54) is 53.9 Å². The maximum absolute atomic E-state index is 13.1. The topological polar surface area (TPSA) is 63.7 Å². The highest BCUT2D eigenvalue weighted by Gasteiger charge is 2.26. The lowest BCUT2D eigenvalue weighted by molar-refractivity contribution is 0.0600. The van der Waals surface area contributed by atoms with Crippen molar-refractivity contribution in [2.75, 3.05) is 18.0 Å². The summed E-state index contributed by atoms with van der Waals surface area (Å²) in [6, 6.07) is 9.50. The van der Waals surface area contributed by atoms with Crippen LogP contribution in [0.2, 0.25) is 0 Å². The number of nitrogens with zero attached hydrogens (tertiary/aromatic N) is 1. The van der Waals surface area contributed by atoms with Crippen molar-refractivity contribution in [3.05, 3.63) is 59.4 Å². The lowest BCUT2D eigenvalue weighted by atomic mass is 10.1. The molecule has 128 valence electrons. The predicted molar refractivity (Wildman–Crippen MR) is 89.1 cm³/mol. The van der Waals surface area contributed by atoms with Crippen LogP contribution in [0.25, 0.3) is 0 Å². The number of anilines is 1. The molecule has 0 saturated heterocycles. The molecule has 0 bridgehead atoms. The third-order valence-electron chi connectivity index (χ3n) is 3.57. The third-order valence-corrected chi connectivity index (χ3v) is 5.63. The SMILES string of the molecule is CCN(c1ccc(F)cc1)S(=O)(=O)c1ccc(C(=O)OC)cc1C. The monoisotopic (exact) mass is 351 g/mol. The highest BCUT2D eigenvalue weighted by molar-refractivity contribution is 7.92. The number of rotatable bonds is 5. The zero-order chi connectivity index (χ0) is 17.9. The summed E-state index contributed by atoms with van der Waals surface area (Å²) >= 11 is 0. The lowest BCUT2D eigenvalue weighted by Crippen LogP contribution is -2.31. The van der Waals surface area contributed by atoms with Crippen molar-refractivity contribution >= 4 is 21.7 Å². The molecule has 0 aliphatic heterocycles. The molecule has 2 rings (SSSR count). The van der Waals surface area contributed by atoms with Gasteiger partial charge in [-0.05, 0) is 61.9 Å². The van der Waals surface area contributed by atoms with Gasteiger partial charge in [0.1, 0.15) is 5.82 Å². The second kappa shape index (κ2) is 7.00. The summed E-state index contributed by atoms with van der Waals surface area (Å²) in [6.45, 7) is 3.49. The minimum absolute atomic E-state index is 0.0846. The Kier molecular flexibility index (Phi) is 5.23. The molecule has 0 unspecified atom stereocenters. The van der Waals surface area contributed by atoms with Gasteiger partial charge in [-0.2, -0.15) is 0 Å². The minimum Gasteiger partial charge on any atom is -0.465 e. The van der Waals surface area contributed by atoms with Crippen molar-refractivity contribution in [3.63, 3.8) is 0 Å². The predicted octanol–water partition coefficient (Wildman–Crippen LogP) is 3.14. The van der Waals surface area contributed by atoms with E-state index in [0.29, 0.717) is 11.3 Å². The molecule has 0 fully saturated rings. The molecule has 24 heavy (non-hydrogen) atoms. The molecule has 0 heterocycles. The number of carbonyl (C=O) groups excluding carboxylic acids is 1. The van der Waals surface area contributed by atoms with E-state index in [1.807, 2.05) is 0 Å². The van der Waals surface area contributed by atoms with Gasteiger partial charge in [-0.1, -0.05) is 0 Å². The second-order valence-corrected chi connectivity index (χ2v) is 6.95. The molecule has 0 N–H and O–H groups in total. The highest BCUT2D eigenvalue weighted by Crippen LogP contribution is 2.26. The number of hydrogen-bond donors (Lipinski definition) is 0. The normalized spacial score (nSPS) is 11.2. The van der Waals surface area contributed by atoms with Crippen LogP contribution in [0.15, 0.2) is 47.4 Å². The van der Waals surface area contributed by atoms with Gasteiger partial charge in [0.2, 0.25) is 0 Å². The van der Waals surface area contributed by atoms with Crippen molar-refractivity contribution in [1.82, 2.24) is 0 Å². The first-order valence-electron chi connectivity index (χ1n) is 7.28. The number of ether oxygens (including phenoxy) is 1. The molecule has 0 radical (unpaired) electrons. The van der Waals surface area contributed by atoms with Crippen molar-refractivity contribution in [3.8, 4) is 0 Å². The van der Waals surface area contributed by atoms with Gasteiger partial charge in [-0.3, -0.25) is 4.31 Å². The summed E-state index contributed by atoms with van der Waals surface area (Å²) in [5, 5.41) is 0. The van der Waals surface area contributed by atoms with E-state index in [1.54, 1.807) is 13.8 Å². The molecule has 0 aliphatic carbocycles. The average Bonchev–Trinajstić information content (AvgIpc) is 2.56. The van der Waals surface area contributed by atoms with Crippen molar-refractivity contribution in [2.24, 2.45) is 0 Å². The van der Waals surface area contributed by atoms with Gasteiger partial charge in [-0.25, -0.2) is 17.6 Å². The molecular formula is C17H18FNO4S. The Morgan fingerprint density at radius 3 is 2.29 bits per heavy atom. The van der Waals surface area contributed by atoms with Crippen LogP contribution >= 0.6 is 0 Å². The van der Waals surface area contributed by atoms with E-state index in [0.717, 1.165) is 0 Å². The summed E-state index contributed by atoms with van der Waals surface area (Å²) < 4.78 is 44.8. The quantitative estimate of drug-likeness (QED) is 0.777. The Bertz CT molecular complexity index is 847. The molecule has 0 aromatic heterocycles. The van der Waals surface area contributed by atoms with Gasteiger partial charge in [0, 0.05) is 6.54 Å². The van der Waals surface area contributed by atoms with Crippen molar-refractivity contribution in [1.29, 1.82) is 0 Å². The maximum Gasteiger partial charge on any atom is 0.337 e. The summed E-state index contributed by atoms with van der Waals surface area (Å²) in [5.41, 5.74) is 1.08. The molecule has 2 aromatic carbocycles. The number of benzene rings is 2. The molecule has 0 atom stereocenters. The van der Waals surface area contributed by atoms with E-state index in [4.69, 9.17) is 0 Å². The number of hydrogen-bond acceptors (Lipinski definition) is 4. The molecular weight excluding hydrogens is 333 g/mol. The molecule has 0 saturated carbocycles. The van der Waals surface area contributed by atoms with Crippen LogP contribution in [0.3, 0.4) is 0 Å². The number of esters is 1. The van der Waals surface area contributed by atoms with Crippen LogP contribution in [-0.4, -0.2) is 28.0 Å². The largest absolute Gasteiger partial charge is 0.465 e. The van der Waals surface area contributed by atoms with Gasteiger partial charge in [0.05, 0.1) is 23.3 Å². The summed E-state index contributed by atoms with van der Waals surface area (Å²) in [5.74, 6) is -0.973. The Labute approximate surface area is 140 Å². The number of methoxy groups -OCH3 is 1. The van der Waals surface area contributed by atoms with Crippen LogP contribution in [0.1, 0.15) is 22.8 Å². The van der Waals surface area contributed by atoms with Crippen LogP contribution < -0.4 is 4.31 Å². The summed E-state index contributed by atoms with van der Waals surface area (Å²) in [4.78, 5) is 11.6. The second-order valence-electron chi connectivity index (χ2n) is 5.12. The number of halogens is 1. The van der Waals surface area contributed by atoms with E-state index in [-0.39, 0.29) is 17.0 Å². The van der Waals surface area contributed by atoms with Gasteiger partial charge >= 0.3 is 5.97 Å². The fraction of sp³-hybridized carbons (Fsp3) is 0.235. The van der Waals surface area contributed by atoms with Crippen LogP contribution in [0.4, 0.5) is 10.1 Å². The van der Waals surface area contributed by atoms with Gasteiger partial charge in [-0.15, -0.1) is 0 Å². The molecule has 5 nitrogen and oxygen atoms in total. The molecule has 7 heteroatoms. The summed E-state index contributed by atoms with van der Waals surface area (Å²) in [7, 11) is -2.58. The smallest absolute Gasteiger partial charge is 0.337 e. The molecule has 0 amide bonds. The molecule has 2 aromatic rings. The first-order chi connectivity index (χ1) is 11.3. The zero-order valence-corrected chi connectivity index (χ0v) is 14.4. The maximum atomic E-state index is 13.1. The van der Waals surface area contributed by atoms with E-state index in [2.05, 4.69) is 4.74 Å². The van der Waals surface area contributed by atoms with Crippen molar-refractivity contribution < 1.29 is 22.3 Å².